The molecule has 0 aliphatic rings. The van der Waals surface area contributed by atoms with Crippen LogP contribution in [0.3, 0.4) is 0 Å². The van der Waals surface area contributed by atoms with Crippen LogP contribution < -0.4 is 5.73 Å². The lowest BCUT2D eigenvalue weighted by Gasteiger charge is -2.43. The molecule has 1 rings (SSSR count). The Morgan fingerprint density at radius 1 is 1.32 bits per heavy atom. The Balaban J connectivity index is 2.87. The summed E-state index contributed by atoms with van der Waals surface area (Å²) in [5, 5.41) is 4.27. The molecule has 0 radical (unpaired) electrons. The quantitative estimate of drug-likeness (QED) is 0.778. The van der Waals surface area contributed by atoms with Gasteiger partial charge in [0.2, 0.25) is 0 Å². The van der Waals surface area contributed by atoms with E-state index >= 15 is 0 Å². The molecule has 110 valence electrons. The van der Waals surface area contributed by atoms with Crippen molar-refractivity contribution in [3.63, 3.8) is 0 Å². The van der Waals surface area contributed by atoms with Crippen molar-refractivity contribution in [2.24, 2.45) is 5.73 Å². The zero-order valence-electron chi connectivity index (χ0n) is 13.1. The first kappa shape index (κ1) is 16.1. The lowest BCUT2D eigenvalue weighted by Crippen LogP contribution is -2.57. The first-order valence-electron chi connectivity index (χ1n) is 7.31. The molecule has 0 bridgehead atoms. The Morgan fingerprint density at radius 2 is 1.95 bits per heavy atom. The van der Waals surface area contributed by atoms with Crippen LogP contribution in [0.4, 0.5) is 0 Å². The fraction of sp³-hybridized carbons (Fsp3) is 0.857. The number of nitrogens with zero attached hydrogens (tertiary/aromatic N) is 4. The summed E-state index contributed by atoms with van der Waals surface area (Å²) < 4.78 is 1.98. The van der Waals surface area contributed by atoms with Crippen LogP contribution in [0.25, 0.3) is 0 Å². The normalized spacial score (nSPS) is 14.1. The Kier molecular flexibility index (Phi) is 5.94. The predicted octanol–water partition coefficient (Wildman–Crippen LogP) is 1.68. The molecule has 2 N–H and O–H groups in total. The minimum absolute atomic E-state index is 0.0307. The molecule has 0 fully saturated rings. The Morgan fingerprint density at radius 3 is 2.42 bits per heavy atom. The molecule has 1 heterocycles. The highest BCUT2D eigenvalue weighted by atomic mass is 15.3. The number of aromatic nitrogens is 3. The van der Waals surface area contributed by atoms with Gasteiger partial charge in [-0.15, -0.1) is 0 Å². The van der Waals surface area contributed by atoms with Crippen LogP contribution in [0, 0.1) is 0 Å². The Hall–Kier alpha value is -0.940. The lowest BCUT2D eigenvalue weighted by atomic mass is 9.82. The molecule has 0 saturated carbocycles. The number of hydrogen-bond donors (Lipinski definition) is 1. The molecule has 5 heteroatoms. The van der Waals surface area contributed by atoms with Gasteiger partial charge in [-0.25, -0.2) is 4.98 Å². The topological polar surface area (TPSA) is 60.0 Å². The van der Waals surface area contributed by atoms with Crippen molar-refractivity contribution in [3.8, 4) is 0 Å². The minimum atomic E-state index is 0.0307. The second kappa shape index (κ2) is 7.01. The summed E-state index contributed by atoms with van der Waals surface area (Å²) in [4.78, 5) is 6.63. The second-order valence-corrected chi connectivity index (χ2v) is 5.42. The molecule has 5 nitrogen and oxygen atoms in total. The van der Waals surface area contributed by atoms with Crippen LogP contribution in [0.15, 0.2) is 6.33 Å². The van der Waals surface area contributed by atoms with Gasteiger partial charge < -0.3 is 10.6 Å². The molecule has 0 aliphatic heterocycles. The zero-order chi connectivity index (χ0) is 14.5. The van der Waals surface area contributed by atoms with Crippen LogP contribution >= 0.6 is 0 Å². The van der Waals surface area contributed by atoms with Gasteiger partial charge in [0, 0.05) is 24.5 Å². The third-order valence-electron chi connectivity index (χ3n) is 4.34. The van der Waals surface area contributed by atoms with Crippen LogP contribution in [0.2, 0.25) is 0 Å². The maximum atomic E-state index is 6.51. The highest BCUT2D eigenvalue weighted by Gasteiger charge is 2.36. The van der Waals surface area contributed by atoms with Crippen LogP contribution in [0.1, 0.15) is 45.9 Å². The van der Waals surface area contributed by atoms with E-state index in [9.17, 15) is 0 Å². The summed E-state index contributed by atoms with van der Waals surface area (Å²) in [5.74, 6) is 1.00. The third kappa shape index (κ3) is 3.34. The number of aryl methyl sites for hydroxylation is 1. The van der Waals surface area contributed by atoms with Gasteiger partial charge in [-0.2, -0.15) is 5.10 Å². The highest BCUT2D eigenvalue weighted by molar-refractivity contribution is 5.01. The predicted molar refractivity (Wildman–Crippen MR) is 79.0 cm³/mol. The van der Waals surface area contributed by atoms with E-state index in [1.165, 1.54) is 0 Å². The van der Waals surface area contributed by atoms with E-state index in [0.29, 0.717) is 0 Å². The molecule has 1 unspecified atom stereocenters. The van der Waals surface area contributed by atoms with E-state index < -0.39 is 0 Å². The van der Waals surface area contributed by atoms with E-state index in [-0.39, 0.29) is 11.6 Å². The summed E-state index contributed by atoms with van der Waals surface area (Å²) in [6.07, 6.45) is 5.55. The molecular formula is C14H29N5. The lowest BCUT2D eigenvalue weighted by molar-refractivity contribution is 0.104. The van der Waals surface area contributed by atoms with E-state index in [1.807, 2.05) is 4.68 Å². The molecule has 0 aliphatic carbocycles. The van der Waals surface area contributed by atoms with Gasteiger partial charge in [-0.05, 0) is 33.4 Å². The average Bonchev–Trinajstić information content (AvgIpc) is 2.79. The van der Waals surface area contributed by atoms with Gasteiger partial charge in [0.1, 0.15) is 12.2 Å². The summed E-state index contributed by atoms with van der Waals surface area (Å²) in [5.41, 5.74) is 6.54. The SMILES string of the molecule is CCCn1ncnc1CC(N)C(CC)(CC)N(C)C. The van der Waals surface area contributed by atoms with Crippen LogP contribution in [-0.2, 0) is 13.0 Å². The molecule has 0 aromatic carbocycles. The third-order valence-corrected chi connectivity index (χ3v) is 4.34. The average molecular weight is 267 g/mol. The van der Waals surface area contributed by atoms with Crippen LogP contribution in [0.5, 0.6) is 0 Å². The standard InChI is InChI=1S/C14H29N5/c1-6-9-19-13(16-11-17-19)10-12(15)14(7-2,8-3)18(4)5/h11-12H,6-10,15H2,1-5H3. The van der Waals surface area contributed by atoms with Gasteiger partial charge >= 0.3 is 0 Å². The molecule has 0 saturated heterocycles. The number of nitrogens with two attached hydrogens (primary N) is 1. The van der Waals surface area contributed by atoms with Crippen molar-refractivity contribution in [3.05, 3.63) is 12.2 Å². The number of rotatable bonds is 8. The van der Waals surface area contributed by atoms with E-state index in [1.54, 1.807) is 6.33 Å². The van der Waals surface area contributed by atoms with Gasteiger partial charge in [0.05, 0.1) is 0 Å². The molecule has 0 spiro atoms. The number of hydrogen-bond acceptors (Lipinski definition) is 4. The Labute approximate surface area is 117 Å². The first-order valence-corrected chi connectivity index (χ1v) is 7.31. The highest BCUT2D eigenvalue weighted by Crippen LogP contribution is 2.26. The summed E-state index contributed by atoms with van der Waals surface area (Å²) >= 11 is 0. The summed E-state index contributed by atoms with van der Waals surface area (Å²) in [7, 11) is 4.23. The van der Waals surface area contributed by atoms with Crippen molar-refractivity contribution >= 4 is 0 Å². The van der Waals surface area contributed by atoms with Crippen molar-refractivity contribution < 1.29 is 0 Å². The Bertz CT molecular complexity index is 368. The van der Waals surface area contributed by atoms with E-state index in [4.69, 9.17) is 5.73 Å². The van der Waals surface area contributed by atoms with Crippen molar-refractivity contribution in [1.82, 2.24) is 19.7 Å². The van der Waals surface area contributed by atoms with Gasteiger partial charge in [0.25, 0.3) is 0 Å². The second-order valence-electron chi connectivity index (χ2n) is 5.42. The minimum Gasteiger partial charge on any atom is -0.326 e. The monoisotopic (exact) mass is 267 g/mol. The van der Waals surface area contributed by atoms with E-state index in [0.717, 1.165) is 38.1 Å². The molecule has 1 aromatic rings. The summed E-state index contributed by atoms with van der Waals surface area (Å²) in [6, 6.07) is 0.0670. The fourth-order valence-corrected chi connectivity index (χ4v) is 2.97. The molecular weight excluding hydrogens is 238 g/mol. The smallest absolute Gasteiger partial charge is 0.138 e. The van der Waals surface area contributed by atoms with Gasteiger partial charge in [-0.1, -0.05) is 20.8 Å². The molecule has 1 atom stereocenters. The molecule has 1 aromatic heterocycles. The molecule has 19 heavy (non-hydrogen) atoms. The van der Waals surface area contributed by atoms with Gasteiger partial charge in [0.15, 0.2) is 0 Å². The maximum Gasteiger partial charge on any atom is 0.138 e. The largest absolute Gasteiger partial charge is 0.326 e. The maximum absolute atomic E-state index is 6.51. The van der Waals surface area contributed by atoms with E-state index in [2.05, 4.69) is 49.8 Å². The molecule has 0 amide bonds. The van der Waals surface area contributed by atoms with Crippen molar-refractivity contribution in [1.29, 1.82) is 0 Å². The summed E-state index contributed by atoms with van der Waals surface area (Å²) in [6.45, 7) is 7.48. The zero-order valence-corrected chi connectivity index (χ0v) is 13.1. The van der Waals surface area contributed by atoms with Crippen molar-refractivity contribution in [2.75, 3.05) is 14.1 Å². The first-order chi connectivity index (χ1) is 9.01. The van der Waals surface area contributed by atoms with Crippen LogP contribution in [-0.4, -0.2) is 45.3 Å². The fourth-order valence-electron chi connectivity index (χ4n) is 2.97. The van der Waals surface area contributed by atoms with Gasteiger partial charge in [-0.3, -0.25) is 4.68 Å². The van der Waals surface area contributed by atoms with Crippen molar-refractivity contribution in [2.45, 2.75) is 64.6 Å². The number of likely N-dealkylation sites (N-methyl/N-ethyl adjacent to an activating group) is 1.